The summed E-state index contributed by atoms with van der Waals surface area (Å²) < 4.78 is 5.45. The van der Waals surface area contributed by atoms with Crippen molar-refractivity contribution in [3.05, 3.63) is 35.9 Å². The first kappa shape index (κ1) is 12.4. The number of ether oxygens (including phenoxy) is 1. The second kappa shape index (κ2) is 4.51. The van der Waals surface area contributed by atoms with Gasteiger partial charge in [-0.3, -0.25) is 4.90 Å². The molecule has 2 aliphatic rings. The molecule has 2 saturated heterocycles. The van der Waals surface area contributed by atoms with Crippen molar-refractivity contribution in [2.75, 3.05) is 26.8 Å². The van der Waals surface area contributed by atoms with Crippen LogP contribution in [0.5, 0.6) is 0 Å². The highest BCUT2D eigenvalue weighted by Crippen LogP contribution is 2.45. The second-order valence-electron chi connectivity index (χ2n) is 5.48. The topological polar surface area (TPSA) is 67.6 Å². The monoisotopic (exact) mass is 261 g/mol. The molecule has 2 aliphatic heterocycles. The Hall–Kier alpha value is -1.59. The number of amides is 2. The van der Waals surface area contributed by atoms with E-state index in [1.807, 2.05) is 18.2 Å². The van der Waals surface area contributed by atoms with Gasteiger partial charge in [0.05, 0.1) is 24.8 Å². The summed E-state index contributed by atoms with van der Waals surface area (Å²) in [6.07, 6.45) is 0. The molecule has 2 fully saturated rings. The van der Waals surface area contributed by atoms with Gasteiger partial charge in [-0.15, -0.1) is 0 Å². The van der Waals surface area contributed by atoms with Crippen molar-refractivity contribution >= 4 is 6.03 Å². The number of urea groups is 1. The Morgan fingerprint density at radius 1 is 1.42 bits per heavy atom. The van der Waals surface area contributed by atoms with E-state index in [0.717, 1.165) is 6.54 Å². The largest absolute Gasteiger partial charge is 0.377 e. The van der Waals surface area contributed by atoms with Crippen molar-refractivity contribution in [1.82, 2.24) is 10.2 Å². The van der Waals surface area contributed by atoms with E-state index in [4.69, 9.17) is 10.5 Å². The Labute approximate surface area is 112 Å². The first-order valence-electron chi connectivity index (χ1n) is 6.53. The number of rotatable bonds is 2. The highest BCUT2D eigenvalue weighted by molar-refractivity contribution is 5.72. The van der Waals surface area contributed by atoms with Gasteiger partial charge in [0, 0.05) is 12.5 Å². The van der Waals surface area contributed by atoms with E-state index in [1.165, 1.54) is 5.56 Å². The highest BCUT2D eigenvalue weighted by atomic mass is 16.5. The molecular formula is C14H19N3O2. The number of hydrogen-bond acceptors (Lipinski definition) is 3. The van der Waals surface area contributed by atoms with Gasteiger partial charge in [-0.2, -0.15) is 0 Å². The van der Waals surface area contributed by atoms with Crippen LogP contribution in [0.25, 0.3) is 0 Å². The molecule has 0 unspecified atom stereocenters. The fraction of sp³-hybridized carbons (Fsp3) is 0.500. The zero-order valence-corrected chi connectivity index (χ0v) is 11.0. The van der Waals surface area contributed by atoms with Crippen LogP contribution in [0.1, 0.15) is 11.5 Å². The number of carbonyl (C=O) groups is 1. The third-order valence-electron chi connectivity index (χ3n) is 4.40. The summed E-state index contributed by atoms with van der Waals surface area (Å²) in [7, 11) is 2.08. The maximum atomic E-state index is 11.2. The number of nitrogens with one attached hydrogen (secondary N) is 1. The normalized spacial score (nSPS) is 29.1. The number of likely N-dealkylation sites (N-methyl/N-ethyl adjacent to an activating group) is 1. The molecule has 0 bridgehead atoms. The van der Waals surface area contributed by atoms with E-state index in [1.54, 1.807) is 0 Å². The molecule has 1 aromatic rings. The average molecular weight is 261 g/mol. The van der Waals surface area contributed by atoms with Gasteiger partial charge in [0.2, 0.25) is 0 Å². The van der Waals surface area contributed by atoms with E-state index in [9.17, 15) is 4.79 Å². The first-order chi connectivity index (χ1) is 9.13. The van der Waals surface area contributed by atoms with Crippen molar-refractivity contribution in [2.24, 2.45) is 5.73 Å². The van der Waals surface area contributed by atoms with Crippen molar-refractivity contribution < 1.29 is 9.53 Å². The summed E-state index contributed by atoms with van der Waals surface area (Å²) in [6.45, 7) is 2.21. The molecule has 0 radical (unpaired) electrons. The van der Waals surface area contributed by atoms with Gasteiger partial charge < -0.3 is 15.8 Å². The smallest absolute Gasteiger partial charge is 0.312 e. The Balaban J connectivity index is 1.96. The third kappa shape index (κ3) is 1.89. The predicted octanol–water partition coefficient (Wildman–Crippen LogP) is 0.521. The van der Waals surface area contributed by atoms with E-state index in [2.05, 4.69) is 29.4 Å². The zero-order chi connectivity index (χ0) is 13.5. The minimum Gasteiger partial charge on any atom is -0.377 e. The van der Waals surface area contributed by atoms with E-state index < -0.39 is 6.03 Å². The molecule has 0 aromatic heterocycles. The number of likely N-dealkylation sites (tertiary alicyclic amines) is 1. The van der Waals surface area contributed by atoms with Crippen LogP contribution in [0, 0.1) is 0 Å². The Kier molecular flexibility index (Phi) is 2.95. The van der Waals surface area contributed by atoms with Gasteiger partial charge >= 0.3 is 6.03 Å². The van der Waals surface area contributed by atoms with Crippen LogP contribution in [0.15, 0.2) is 30.3 Å². The first-order valence-corrected chi connectivity index (χ1v) is 6.53. The van der Waals surface area contributed by atoms with Crippen LogP contribution in [-0.2, 0) is 4.74 Å². The van der Waals surface area contributed by atoms with Crippen molar-refractivity contribution in [3.8, 4) is 0 Å². The van der Waals surface area contributed by atoms with Crippen LogP contribution in [-0.4, -0.2) is 49.3 Å². The molecule has 2 heterocycles. The van der Waals surface area contributed by atoms with Crippen molar-refractivity contribution in [1.29, 1.82) is 0 Å². The van der Waals surface area contributed by atoms with E-state index >= 15 is 0 Å². The van der Waals surface area contributed by atoms with Crippen LogP contribution in [0.3, 0.4) is 0 Å². The molecule has 1 spiro atoms. The average Bonchev–Trinajstić information content (AvgIpc) is 2.61. The molecule has 0 aliphatic carbocycles. The van der Waals surface area contributed by atoms with Gasteiger partial charge in [-0.05, 0) is 12.6 Å². The van der Waals surface area contributed by atoms with Crippen LogP contribution in [0.2, 0.25) is 0 Å². The minimum absolute atomic E-state index is 0.00549. The molecule has 1 aromatic carbocycles. The molecule has 3 rings (SSSR count). The summed E-state index contributed by atoms with van der Waals surface area (Å²) >= 11 is 0. The van der Waals surface area contributed by atoms with Crippen molar-refractivity contribution in [2.45, 2.75) is 17.5 Å². The summed E-state index contributed by atoms with van der Waals surface area (Å²) in [5.41, 5.74) is 6.53. The molecule has 5 heteroatoms. The summed E-state index contributed by atoms with van der Waals surface area (Å²) in [6, 6.07) is 9.86. The van der Waals surface area contributed by atoms with Gasteiger partial charge in [-0.1, -0.05) is 30.3 Å². The van der Waals surface area contributed by atoms with Gasteiger partial charge in [0.1, 0.15) is 0 Å². The molecular weight excluding hydrogens is 242 g/mol. The van der Waals surface area contributed by atoms with E-state index in [-0.39, 0.29) is 17.5 Å². The van der Waals surface area contributed by atoms with Crippen molar-refractivity contribution in [3.63, 3.8) is 0 Å². The fourth-order valence-corrected chi connectivity index (χ4v) is 3.42. The number of benzene rings is 1. The quantitative estimate of drug-likeness (QED) is 0.815. The van der Waals surface area contributed by atoms with Crippen LogP contribution in [0.4, 0.5) is 4.79 Å². The number of nitrogens with zero attached hydrogens (tertiary/aromatic N) is 1. The SMILES string of the molecule is CN1C[C@H](NC(N)=O)[C@@H](c2ccccc2)C12COC2. The number of primary amides is 1. The lowest BCUT2D eigenvalue weighted by Gasteiger charge is -2.47. The predicted molar refractivity (Wildman–Crippen MR) is 71.9 cm³/mol. The molecule has 19 heavy (non-hydrogen) atoms. The standard InChI is InChI=1S/C14H19N3O2/c1-17-7-11(16-13(15)18)12(14(17)8-19-9-14)10-5-3-2-4-6-10/h2-6,11-12H,7-9H2,1H3,(H3,15,16,18)/t11-,12+/m0/s1. The maximum Gasteiger partial charge on any atom is 0.312 e. The second-order valence-corrected chi connectivity index (χ2v) is 5.48. The molecule has 102 valence electrons. The van der Waals surface area contributed by atoms with Gasteiger partial charge in [0.15, 0.2) is 0 Å². The lowest BCUT2D eigenvalue weighted by atomic mass is 9.76. The summed E-state index contributed by atoms with van der Waals surface area (Å²) in [4.78, 5) is 13.5. The summed E-state index contributed by atoms with van der Waals surface area (Å²) in [5.74, 6) is 0.222. The molecule has 3 N–H and O–H groups in total. The van der Waals surface area contributed by atoms with Gasteiger partial charge in [0.25, 0.3) is 0 Å². The maximum absolute atomic E-state index is 11.2. The number of hydrogen-bond donors (Lipinski definition) is 2. The third-order valence-corrected chi connectivity index (χ3v) is 4.40. The lowest BCUT2D eigenvalue weighted by molar-refractivity contribution is -0.123. The Bertz CT molecular complexity index is 473. The number of nitrogens with two attached hydrogens (primary N) is 1. The molecule has 5 nitrogen and oxygen atoms in total. The number of carbonyl (C=O) groups excluding carboxylic acids is 1. The molecule has 2 amide bonds. The van der Waals surface area contributed by atoms with Crippen LogP contribution < -0.4 is 11.1 Å². The van der Waals surface area contributed by atoms with E-state index in [0.29, 0.717) is 13.2 Å². The van der Waals surface area contributed by atoms with Gasteiger partial charge in [-0.25, -0.2) is 4.79 Å². The lowest BCUT2D eigenvalue weighted by Crippen LogP contribution is -2.61. The highest BCUT2D eigenvalue weighted by Gasteiger charge is 2.57. The van der Waals surface area contributed by atoms with Crippen LogP contribution >= 0.6 is 0 Å². The summed E-state index contributed by atoms with van der Waals surface area (Å²) in [5, 5.41) is 2.89. The zero-order valence-electron chi connectivity index (χ0n) is 11.0. The molecule has 2 atom stereocenters. The molecule has 0 saturated carbocycles. The minimum atomic E-state index is -0.461. The Morgan fingerprint density at radius 3 is 2.63 bits per heavy atom. The fourth-order valence-electron chi connectivity index (χ4n) is 3.42. The Morgan fingerprint density at radius 2 is 2.11 bits per heavy atom.